The highest BCUT2D eigenvalue weighted by Crippen LogP contribution is 2.23. The predicted octanol–water partition coefficient (Wildman–Crippen LogP) is 1.70. The summed E-state index contributed by atoms with van der Waals surface area (Å²) in [6, 6.07) is 11.2. The first-order valence-electron chi connectivity index (χ1n) is 6.84. The number of carbonyl (C=O) groups is 1. The maximum atomic E-state index is 11.7. The van der Waals surface area contributed by atoms with E-state index in [1.807, 2.05) is 36.2 Å². The highest BCUT2D eigenvalue weighted by atomic mass is 16.1. The van der Waals surface area contributed by atoms with Crippen molar-refractivity contribution in [3.05, 3.63) is 53.9 Å². The molecule has 3 N–H and O–H groups in total. The summed E-state index contributed by atoms with van der Waals surface area (Å²) in [5.41, 5.74) is 9.16. The molecule has 0 radical (unpaired) electrons. The van der Waals surface area contributed by atoms with Crippen molar-refractivity contribution in [2.45, 2.75) is 6.42 Å². The normalized spacial score (nSPS) is 10.2. The molecule has 0 saturated heterocycles. The van der Waals surface area contributed by atoms with Gasteiger partial charge in [0.05, 0.1) is 11.4 Å². The van der Waals surface area contributed by atoms with Gasteiger partial charge in [-0.15, -0.1) is 0 Å². The summed E-state index contributed by atoms with van der Waals surface area (Å²) in [6.07, 6.45) is 2.61. The monoisotopic (exact) mass is 284 g/mol. The number of aromatic nitrogens is 1. The van der Waals surface area contributed by atoms with Crippen molar-refractivity contribution in [3.8, 4) is 0 Å². The van der Waals surface area contributed by atoms with E-state index < -0.39 is 0 Å². The van der Waals surface area contributed by atoms with Gasteiger partial charge in [-0.05, 0) is 30.3 Å². The second kappa shape index (κ2) is 6.74. The fourth-order valence-electron chi connectivity index (χ4n) is 2.11. The molecular formula is C16H20N4O. The van der Waals surface area contributed by atoms with Gasteiger partial charge in [0.15, 0.2) is 0 Å². The van der Waals surface area contributed by atoms with Crippen LogP contribution in [-0.4, -0.2) is 31.5 Å². The molecule has 0 unspecified atom stereocenters. The molecule has 0 fully saturated rings. The van der Waals surface area contributed by atoms with Crippen LogP contribution in [0.15, 0.2) is 42.6 Å². The first-order chi connectivity index (χ1) is 10.1. The largest absolute Gasteiger partial charge is 0.397 e. The van der Waals surface area contributed by atoms with E-state index in [-0.39, 0.29) is 5.91 Å². The second-order valence-corrected chi connectivity index (χ2v) is 4.85. The zero-order chi connectivity index (χ0) is 15.2. The SMILES string of the molecule is CNC(=O)c1ccc(N)c(N(C)CCc2ccccn2)c1. The Labute approximate surface area is 124 Å². The maximum absolute atomic E-state index is 11.7. The van der Waals surface area contributed by atoms with Crippen molar-refractivity contribution in [2.75, 3.05) is 31.3 Å². The van der Waals surface area contributed by atoms with Crippen LogP contribution in [0.3, 0.4) is 0 Å². The van der Waals surface area contributed by atoms with Crippen LogP contribution in [0.2, 0.25) is 0 Å². The van der Waals surface area contributed by atoms with E-state index in [0.717, 1.165) is 24.3 Å². The third kappa shape index (κ3) is 3.72. The number of nitrogens with one attached hydrogen (secondary N) is 1. The molecule has 5 heteroatoms. The number of hydrogen-bond acceptors (Lipinski definition) is 4. The maximum Gasteiger partial charge on any atom is 0.251 e. The second-order valence-electron chi connectivity index (χ2n) is 4.85. The first-order valence-corrected chi connectivity index (χ1v) is 6.84. The van der Waals surface area contributed by atoms with Crippen LogP contribution in [0.25, 0.3) is 0 Å². The Balaban J connectivity index is 2.11. The summed E-state index contributed by atoms with van der Waals surface area (Å²) < 4.78 is 0. The lowest BCUT2D eigenvalue weighted by Crippen LogP contribution is -2.23. The Morgan fingerprint density at radius 3 is 2.81 bits per heavy atom. The van der Waals surface area contributed by atoms with Crippen molar-refractivity contribution in [1.82, 2.24) is 10.3 Å². The molecule has 0 aliphatic rings. The molecule has 1 heterocycles. The lowest BCUT2D eigenvalue weighted by atomic mass is 10.1. The number of pyridine rings is 1. The first kappa shape index (κ1) is 14.8. The molecule has 0 aliphatic carbocycles. The van der Waals surface area contributed by atoms with E-state index in [0.29, 0.717) is 11.3 Å². The third-order valence-electron chi connectivity index (χ3n) is 3.36. The quantitative estimate of drug-likeness (QED) is 0.820. The van der Waals surface area contributed by atoms with Crippen LogP contribution in [-0.2, 0) is 6.42 Å². The molecule has 0 saturated carbocycles. The van der Waals surface area contributed by atoms with Gasteiger partial charge in [0.1, 0.15) is 0 Å². The van der Waals surface area contributed by atoms with Gasteiger partial charge in [0, 0.05) is 44.5 Å². The van der Waals surface area contributed by atoms with Crippen molar-refractivity contribution in [2.24, 2.45) is 0 Å². The minimum atomic E-state index is -0.116. The number of nitrogens with two attached hydrogens (primary N) is 1. The van der Waals surface area contributed by atoms with Crippen molar-refractivity contribution >= 4 is 17.3 Å². The molecule has 21 heavy (non-hydrogen) atoms. The molecule has 1 aromatic heterocycles. The van der Waals surface area contributed by atoms with E-state index in [2.05, 4.69) is 10.3 Å². The lowest BCUT2D eigenvalue weighted by molar-refractivity contribution is 0.0963. The fourth-order valence-corrected chi connectivity index (χ4v) is 2.11. The lowest BCUT2D eigenvalue weighted by Gasteiger charge is -2.21. The van der Waals surface area contributed by atoms with Crippen LogP contribution < -0.4 is 16.0 Å². The summed E-state index contributed by atoms with van der Waals surface area (Å²) in [7, 11) is 3.57. The number of nitrogen functional groups attached to an aromatic ring is 1. The van der Waals surface area contributed by atoms with E-state index in [4.69, 9.17) is 5.73 Å². The Morgan fingerprint density at radius 1 is 1.33 bits per heavy atom. The minimum absolute atomic E-state index is 0.116. The number of carbonyl (C=O) groups excluding carboxylic acids is 1. The van der Waals surface area contributed by atoms with Crippen LogP contribution in [0.5, 0.6) is 0 Å². The highest BCUT2D eigenvalue weighted by Gasteiger charge is 2.10. The Morgan fingerprint density at radius 2 is 2.14 bits per heavy atom. The van der Waals surface area contributed by atoms with Crippen LogP contribution in [0.1, 0.15) is 16.1 Å². The molecule has 0 spiro atoms. The molecule has 0 aliphatic heterocycles. The van der Waals surface area contributed by atoms with E-state index >= 15 is 0 Å². The average Bonchev–Trinajstić information content (AvgIpc) is 2.53. The molecule has 2 rings (SSSR count). The van der Waals surface area contributed by atoms with Gasteiger partial charge in [0.2, 0.25) is 0 Å². The van der Waals surface area contributed by atoms with Gasteiger partial charge in [0.25, 0.3) is 5.91 Å². The van der Waals surface area contributed by atoms with Gasteiger partial charge in [-0.2, -0.15) is 0 Å². The van der Waals surface area contributed by atoms with Crippen LogP contribution in [0.4, 0.5) is 11.4 Å². The summed E-state index contributed by atoms with van der Waals surface area (Å²) >= 11 is 0. The molecule has 110 valence electrons. The fraction of sp³-hybridized carbons (Fsp3) is 0.250. The molecule has 2 aromatic rings. The standard InChI is InChI=1S/C16H20N4O/c1-18-16(21)12-6-7-14(17)15(11-12)20(2)10-8-13-5-3-4-9-19-13/h3-7,9,11H,8,10,17H2,1-2H3,(H,18,21). The average molecular weight is 284 g/mol. The summed E-state index contributed by atoms with van der Waals surface area (Å²) in [5, 5.41) is 2.62. The van der Waals surface area contributed by atoms with Gasteiger partial charge in [-0.25, -0.2) is 0 Å². The molecule has 1 aromatic carbocycles. The number of benzene rings is 1. The summed E-state index contributed by atoms with van der Waals surface area (Å²) in [4.78, 5) is 18.0. The van der Waals surface area contributed by atoms with Gasteiger partial charge in [-0.1, -0.05) is 6.07 Å². The number of hydrogen-bond donors (Lipinski definition) is 2. The number of rotatable bonds is 5. The topological polar surface area (TPSA) is 71.2 Å². The highest BCUT2D eigenvalue weighted by molar-refractivity contribution is 5.96. The predicted molar refractivity (Wildman–Crippen MR) is 85.5 cm³/mol. The smallest absolute Gasteiger partial charge is 0.251 e. The Hall–Kier alpha value is -2.56. The van der Waals surface area contributed by atoms with E-state index in [1.165, 1.54) is 0 Å². The molecule has 0 atom stereocenters. The zero-order valence-electron chi connectivity index (χ0n) is 12.3. The van der Waals surface area contributed by atoms with Crippen molar-refractivity contribution in [3.63, 3.8) is 0 Å². The summed E-state index contributed by atoms with van der Waals surface area (Å²) in [6.45, 7) is 0.776. The van der Waals surface area contributed by atoms with Gasteiger partial charge >= 0.3 is 0 Å². The van der Waals surface area contributed by atoms with E-state index in [1.54, 1.807) is 25.4 Å². The Kier molecular flexibility index (Phi) is 4.77. The minimum Gasteiger partial charge on any atom is -0.397 e. The third-order valence-corrected chi connectivity index (χ3v) is 3.36. The summed E-state index contributed by atoms with van der Waals surface area (Å²) in [5.74, 6) is -0.116. The number of nitrogens with zero attached hydrogens (tertiary/aromatic N) is 2. The zero-order valence-corrected chi connectivity index (χ0v) is 12.3. The Bertz CT molecular complexity index is 613. The number of likely N-dealkylation sites (N-methyl/N-ethyl adjacent to an activating group) is 1. The number of amides is 1. The van der Waals surface area contributed by atoms with Gasteiger partial charge in [-0.3, -0.25) is 9.78 Å². The van der Waals surface area contributed by atoms with Crippen LogP contribution >= 0.6 is 0 Å². The van der Waals surface area contributed by atoms with Gasteiger partial charge < -0.3 is 16.0 Å². The van der Waals surface area contributed by atoms with Crippen molar-refractivity contribution < 1.29 is 4.79 Å². The molecular weight excluding hydrogens is 264 g/mol. The molecule has 5 nitrogen and oxygen atoms in total. The molecule has 0 bridgehead atoms. The van der Waals surface area contributed by atoms with E-state index in [9.17, 15) is 4.79 Å². The van der Waals surface area contributed by atoms with Crippen LogP contribution in [0, 0.1) is 0 Å². The molecule has 1 amide bonds. The van der Waals surface area contributed by atoms with Crippen molar-refractivity contribution in [1.29, 1.82) is 0 Å². The number of anilines is 2.